The Morgan fingerprint density at radius 2 is 2.00 bits per heavy atom. The molecule has 3 aromatic rings. The van der Waals surface area contributed by atoms with Crippen LogP contribution in [-0.2, 0) is 14.3 Å². The first-order chi connectivity index (χ1) is 15.8. The molecule has 0 saturated heterocycles. The van der Waals surface area contributed by atoms with Gasteiger partial charge in [-0.3, -0.25) is 14.2 Å². The zero-order chi connectivity index (χ0) is 24.1. The number of thiophene rings is 1. The van der Waals surface area contributed by atoms with Crippen molar-refractivity contribution in [1.82, 2.24) is 9.55 Å². The molecule has 1 N–H and O–H groups in total. The van der Waals surface area contributed by atoms with Gasteiger partial charge in [-0.05, 0) is 45.4 Å². The Balaban J connectivity index is 1.86. The molecule has 176 valence electrons. The van der Waals surface area contributed by atoms with Crippen LogP contribution in [0, 0.1) is 13.8 Å². The zero-order valence-electron chi connectivity index (χ0n) is 19.3. The normalized spacial score (nSPS) is 12.0. The Kier molecular flexibility index (Phi) is 8.28. The van der Waals surface area contributed by atoms with Gasteiger partial charge in [-0.25, -0.2) is 9.78 Å². The van der Waals surface area contributed by atoms with Gasteiger partial charge in [0.25, 0.3) is 5.56 Å². The van der Waals surface area contributed by atoms with Gasteiger partial charge in [0.2, 0.25) is 5.91 Å². The van der Waals surface area contributed by atoms with Crippen molar-refractivity contribution in [2.45, 2.75) is 38.9 Å². The number of nitrogens with one attached hydrogen (secondary N) is 1. The second kappa shape index (κ2) is 11.0. The minimum absolute atomic E-state index is 0.0166. The molecule has 0 radical (unpaired) electrons. The van der Waals surface area contributed by atoms with Crippen LogP contribution in [0.15, 0.2) is 34.2 Å². The van der Waals surface area contributed by atoms with Crippen molar-refractivity contribution >= 4 is 50.9 Å². The molecule has 8 nitrogen and oxygen atoms in total. The van der Waals surface area contributed by atoms with E-state index in [1.54, 1.807) is 36.8 Å². The average molecular weight is 490 g/mol. The molecule has 0 saturated carbocycles. The summed E-state index contributed by atoms with van der Waals surface area (Å²) in [6.45, 7) is 7.91. The maximum atomic E-state index is 13.1. The zero-order valence-corrected chi connectivity index (χ0v) is 20.9. The molecule has 0 aliphatic heterocycles. The van der Waals surface area contributed by atoms with E-state index in [4.69, 9.17) is 9.47 Å². The molecular weight excluding hydrogens is 462 g/mol. The summed E-state index contributed by atoms with van der Waals surface area (Å²) in [5.74, 6) is -0.746. The molecule has 1 amide bonds. The molecule has 2 heterocycles. The number of carbonyl (C=O) groups is 2. The SMILES string of the molecule is CCOC(=O)c1c(NC(=O)CSc2nc3ccccc3c(=O)n2C(C)COC)sc(C)c1C. The van der Waals surface area contributed by atoms with Crippen LogP contribution in [0.5, 0.6) is 0 Å². The molecular formula is C23H27N3O5S2. The van der Waals surface area contributed by atoms with Gasteiger partial charge < -0.3 is 14.8 Å². The first kappa shape index (κ1) is 24.9. The molecule has 0 bridgehead atoms. The molecule has 0 fully saturated rings. The second-order valence-electron chi connectivity index (χ2n) is 7.44. The third kappa shape index (κ3) is 5.45. The summed E-state index contributed by atoms with van der Waals surface area (Å²) in [4.78, 5) is 43.8. The van der Waals surface area contributed by atoms with Crippen molar-refractivity contribution in [1.29, 1.82) is 0 Å². The van der Waals surface area contributed by atoms with E-state index >= 15 is 0 Å². The predicted octanol–water partition coefficient (Wildman–Crippen LogP) is 4.19. The number of aryl methyl sites for hydroxylation is 1. The van der Waals surface area contributed by atoms with E-state index < -0.39 is 5.97 Å². The smallest absolute Gasteiger partial charge is 0.341 e. The van der Waals surface area contributed by atoms with Crippen LogP contribution in [-0.4, -0.2) is 47.5 Å². The molecule has 2 aromatic heterocycles. The van der Waals surface area contributed by atoms with Crippen LogP contribution >= 0.6 is 23.1 Å². The first-order valence-electron chi connectivity index (χ1n) is 10.5. The van der Waals surface area contributed by atoms with Crippen LogP contribution in [0.1, 0.15) is 40.7 Å². The quantitative estimate of drug-likeness (QED) is 0.273. The van der Waals surface area contributed by atoms with Crippen molar-refractivity contribution in [2.24, 2.45) is 0 Å². The van der Waals surface area contributed by atoms with Crippen molar-refractivity contribution in [3.05, 3.63) is 50.6 Å². The Morgan fingerprint density at radius 1 is 1.27 bits per heavy atom. The predicted molar refractivity (Wildman–Crippen MR) is 132 cm³/mol. The number of esters is 1. The molecule has 3 rings (SSSR count). The molecule has 1 unspecified atom stereocenters. The fraction of sp³-hybridized carbons (Fsp3) is 0.391. The lowest BCUT2D eigenvalue weighted by molar-refractivity contribution is -0.113. The lowest BCUT2D eigenvalue weighted by atomic mass is 10.1. The number of thioether (sulfide) groups is 1. The van der Waals surface area contributed by atoms with Gasteiger partial charge in [-0.2, -0.15) is 0 Å². The van der Waals surface area contributed by atoms with Crippen molar-refractivity contribution < 1.29 is 19.1 Å². The van der Waals surface area contributed by atoms with E-state index in [1.807, 2.05) is 26.8 Å². The minimum atomic E-state index is -0.458. The monoisotopic (exact) mass is 489 g/mol. The number of carbonyl (C=O) groups excluding carboxylic acids is 2. The third-order valence-corrected chi connectivity index (χ3v) is 7.15. The van der Waals surface area contributed by atoms with Gasteiger partial charge in [0.15, 0.2) is 5.16 Å². The van der Waals surface area contributed by atoms with E-state index in [-0.39, 0.29) is 29.9 Å². The van der Waals surface area contributed by atoms with E-state index in [0.29, 0.717) is 33.2 Å². The average Bonchev–Trinajstić information content (AvgIpc) is 3.05. The molecule has 0 aliphatic rings. The van der Waals surface area contributed by atoms with Gasteiger partial charge in [0.05, 0.1) is 41.5 Å². The van der Waals surface area contributed by atoms with E-state index in [2.05, 4.69) is 10.3 Å². The highest BCUT2D eigenvalue weighted by Gasteiger charge is 2.23. The van der Waals surface area contributed by atoms with Crippen molar-refractivity contribution in [3.8, 4) is 0 Å². The fourth-order valence-corrected chi connectivity index (χ4v) is 5.35. The fourth-order valence-electron chi connectivity index (χ4n) is 3.39. The topological polar surface area (TPSA) is 99.5 Å². The summed E-state index contributed by atoms with van der Waals surface area (Å²) >= 11 is 2.50. The standard InChI is InChI=1S/C23H27N3O5S2/c1-6-31-22(29)19-14(3)15(4)33-20(19)25-18(27)12-32-23-24-17-10-8-7-9-16(17)21(28)26(23)13(2)11-30-5/h7-10,13H,6,11-12H2,1-5H3,(H,25,27). The van der Waals surface area contributed by atoms with Crippen LogP contribution < -0.4 is 10.9 Å². The number of amides is 1. The van der Waals surface area contributed by atoms with Crippen LogP contribution in [0.2, 0.25) is 0 Å². The number of aromatic nitrogens is 2. The van der Waals surface area contributed by atoms with E-state index in [9.17, 15) is 14.4 Å². The lowest BCUT2D eigenvalue weighted by Gasteiger charge is -2.18. The largest absolute Gasteiger partial charge is 0.462 e. The van der Waals surface area contributed by atoms with E-state index in [1.165, 1.54) is 23.1 Å². The highest BCUT2D eigenvalue weighted by molar-refractivity contribution is 7.99. The van der Waals surface area contributed by atoms with Gasteiger partial charge in [-0.15, -0.1) is 11.3 Å². The second-order valence-corrected chi connectivity index (χ2v) is 9.60. The summed E-state index contributed by atoms with van der Waals surface area (Å²) in [7, 11) is 1.57. The molecule has 1 atom stereocenters. The number of anilines is 1. The van der Waals surface area contributed by atoms with Gasteiger partial charge in [-0.1, -0.05) is 23.9 Å². The Morgan fingerprint density at radius 3 is 2.70 bits per heavy atom. The summed E-state index contributed by atoms with van der Waals surface area (Å²) in [6, 6.07) is 6.86. The summed E-state index contributed by atoms with van der Waals surface area (Å²) < 4.78 is 11.9. The van der Waals surface area contributed by atoms with Crippen LogP contribution in [0.4, 0.5) is 5.00 Å². The maximum Gasteiger partial charge on any atom is 0.341 e. The molecule has 10 heteroatoms. The minimum Gasteiger partial charge on any atom is -0.462 e. The number of hydrogen-bond acceptors (Lipinski definition) is 8. The number of nitrogens with zero attached hydrogens (tertiary/aromatic N) is 2. The number of hydrogen-bond donors (Lipinski definition) is 1. The number of ether oxygens (including phenoxy) is 2. The van der Waals surface area contributed by atoms with Crippen molar-refractivity contribution in [2.75, 3.05) is 31.4 Å². The lowest BCUT2D eigenvalue weighted by Crippen LogP contribution is -2.29. The number of para-hydroxylation sites is 1. The Labute approximate surface area is 200 Å². The molecule has 0 spiro atoms. The first-order valence-corrected chi connectivity index (χ1v) is 12.3. The molecule has 1 aromatic carbocycles. The number of methoxy groups -OCH3 is 1. The highest BCUT2D eigenvalue weighted by Crippen LogP contribution is 2.33. The number of benzene rings is 1. The van der Waals surface area contributed by atoms with Gasteiger partial charge >= 0.3 is 5.97 Å². The molecule has 33 heavy (non-hydrogen) atoms. The van der Waals surface area contributed by atoms with Crippen LogP contribution in [0.3, 0.4) is 0 Å². The summed E-state index contributed by atoms with van der Waals surface area (Å²) in [6.07, 6.45) is 0. The third-order valence-electron chi connectivity index (χ3n) is 5.07. The summed E-state index contributed by atoms with van der Waals surface area (Å²) in [5.41, 5.74) is 1.56. The molecule has 0 aliphatic carbocycles. The number of fused-ring (bicyclic) bond motifs is 1. The van der Waals surface area contributed by atoms with Gasteiger partial charge in [0.1, 0.15) is 5.00 Å². The number of rotatable bonds is 9. The van der Waals surface area contributed by atoms with Crippen molar-refractivity contribution in [3.63, 3.8) is 0 Å². The van der Waals surface area contributed by atoms with Crippen LogP contribution in [0.25, 0.3) is 10.9 Å². The van der Waals surface area contributed by atoms with Gasteiger partial charge in [0, 0.05) is 12.0 Å². The Hall–Kier alpha value is -2.69. The highest BCUT2D eigenvalue weighted by atomic mass is 32.2. The Bertz CT molecular complexity index is 1230. The summed E-state index contributed by atoms with van der Waals surface area (Å²) in [5, 5.41) is 4.23. The van der Waals surface area contributed by atoms with E-state index in [0.717, 1.165) is 10.4 Å². The maximum absolute atomic E-state index is 13.1.